The first kappa shape index (κ1) is 20.7. The molecule has 1 unspecified atom stereocenters. The quantitative estimate of drug-likeness (QED) is 0.584. The summed E-state index contributed by atoms with van der Waals surface area (Å²) in [6, 6.07) is 8.27. The summed E-state index contributed by atoms with van der Waals surface area (Å²) in [6.45, 7) is 3.66. The number of esters is 2. The Bertz CT molecular complexity index is 1090. The molecule has 0 bridgehead atoms. The number of thiophene rings is 1. The zero-order valence-electron chi connectivity index (χ0n) is 16.0. The van der Waals surface area contributed by atoms with E-state index in [2.05, 4.69) is 4.98 Å². The van der Waals surface area contributed by atoms with Crippen LogP contribution in [0.4, 0.5) is 0 Å². The van der Waals surface area contributed by atoms with E-state index in [4.69, 9.17) is 19.6 Å². The van der Waals surface area contributed by atoms with Crippen LogP contribution in [-0.4, -0.2) is 23.5 Å². The van der Waals surface area contributed by atoms with Crippen molar-refractivity contribution in [2.45, 2.75) is 32.9 Å². The molecule has 0 fully saturated rings. The van der Waals surface area contributed by atoms with Crippen molar-refractivity contribution >= 4 is 33.5 Å². The first-order valence-electron chi connectivity index (χ1n) is 8.97. The highest BCUT2D eigenvalue weighted by Gasteiger charge is 2.24. The molecule has 2 aromatic heterocycles. The van der Waals surface area contributed by atoms with E-state index in [9.17, 15) is 14.4 Å². The molecule has 0 aliphatic heterocycles. The van der Waals surface area contributed by atoms with Crippen LogP contribution in [-0.2, 0) is 20.9 Å². The molecule has 0 saturated carbocycles. The third-order valence-electron chi connectivity index (χ3n) is 4.15. The maximum absolute atomic E-state index is 12.4. The van der Waals surface area contributed by atoms with Gasteiger partial charge in [0.1, 0.15) is 21.7 Å². The number of nitrogens with two attached hydrogens (primary N) is 1. The van der Waals surface area contributed by atoms with Gasteiger partial charge in [0.15, 0.2) is 0 Å². The molecule has 152 valence electrons. The smallest absolute Gasteiger partial charge is 0.348 e. The second-order valence-corrected chi connectivity index (χ2v) is 7.25. The van der Waals surface area contributed by atoms with Crippen LogP contribution >= 0.6 is 11.3 Å². The van der Waals surface area contributed by atoms with Crippen molar-refractivity contribution in [2.24, 2.45) is 5.73 Å². The number of carbonyl (C=O) groups is 2. The van der Waals surface area contributed by atoms with Gasteiger partial charge in [-0.3, -0.25) is 4.79 Å². The standard InChI is InChI=1S/C20H20N2O6S/c1-3-26-20(25)16-11(2)15-18(29-16)22-17(28-19(15)24)13(21)9-14(23)27-10-12-7-5-4-6-8-12/h4-8,13H,3,9-10,21H2,1-2H3. The van der Waals surface area contributed by atoms with Gasteiger partial charge in [-0.05, 0) is 25.0 Å². The fourth-order valence-electron chi connectivity index (χ4n) is 2.70. The number of aromatic nitrogens is 1. The number of carbonyl (C=O) groups excluding carboxylic acids is 2. The molecular formula is C20H20N2O6S. The second-order valence-electron chi connectivity index (χ2n) is 6.25. The Morgan fingerprint density at radius 1 is 1.24 bits per heavy atom. The summed E-state index contributed by atoms with van der Waals surface area (Å²) in [5.74, 6) is -1.15. The predicted octanol–water partition coefficient (Wildman–Crippen LogP) is 2.87. The predicted molar refractivity (Wildman–Crippen MR) is 107 cm³/mol. The number of ether oxygens (including phenoxy) is 2. The molecule has 0 aliphatic carbocycles. The van der Waals surface area contributed by atoms with Crippen molar-refractivity contribution in [1.29, 1.82) is 0 Å². The number of benzene rings is 1. The van der Waals surface area contributed by atoms with Gasteiger partial charge in [-0.1, -0.05) is 30.3 Å². The van der Waals surface area contributed by atoms with Gasteiger partial charge in [0, 0.05) is 0 Å². The lowest BCUT2D eigenvalue weighted by Crippen LogP contribution is -2.20. The zero-order valence-corrected chi connectivity index (χ0v) is 16.8. The highest BCUT2D eigenvalue weighted by atomic mass is 32.1. The van der Waals surface area contributed by atoms with Crippen molar-refractivity contribution in [3.63, 3.8) is 0 Å². The Labute approximate surface area is 170 Å². The van der Waals surface area contributed by atoms with Gasteiger partial charge in [-0.25, -0.2) is 14.6 Å². The van der Waals surface area contributed by atoms with Crippen LogP contribution < -0.4 is 11.4 Å². The van der Waals surface area contributed by atoms with E-state index in [0.29, 0.717) is 10.4 Å². The number of fused-ring (bicyclic) bond motifs is 1. The normalized spacial score (nSPS) is 12.0. The molecule has 9 heteroatoms. The molecule has 1 atom stereocenters. The van der Waals surface area contributed by atoms with Gasteiger partial charge in [0.2, 0.25) is 5.89 Å². The topological polar surface area (TPSA) is 122 Å². The summed E-state index contributed by atoms with van der Waals surface area (Å²) < 4.78 is 15.4. The molecule has 0 aliphatic rings. The molecule has 0 radical (unpaired) electrons. The third kappa shape index (κ3) is 4.69. The lowest BCUT2D eigenvalue weighted by atomic mass is 10.2. The molecule has 8 nitrogen and oxygen atoms in total. The van der Waals surface area contributed by atoms with E-state index < -0.39 is 23.6 Å². The van der Waals surface area contributed by atoms with Crippen LogP contribution in [0.15, 0.2) is 39.5 Å². The summed E-state index contributed by atoms with van der Waals surface area (Å²) in [6.07, 6.45) is -0.205. The molecule has 29 heavy (non-hydrogen) atoms. The number of rotatable bonds is 7. The molecule has 3 aromatic rings. The number of hydrogen-bond acceptors (Lipinski definition) is 9. The molecule has 0 saturated heterocycles. The SMILES string of the molecule is CCOC(=O)c1sc2nc(C(N)CC(=O)OCc3ccccc3)oc(=O)c2c1C. The summed E-state index contributed by atoms with van der Waals surface area (Å²) in [7, 11) is 0. The Morgan fingerprint density at radius 2 is 1.97 bits per heavy atom. The van der Waals surface area contributed by atoms with Crippen LogP contribution in [0.5, 0.6) is 0 Å². The highest BCUT2D eigenvalue weighted by Crippen LogP contribution is 2.29. The minimum Gasteiger partial charge on any atom is -0.462 e. The Balaban J connectivity index is 1.76. The molecular weight excluding hydrogens is 396 g/mol. The molecule has 2 N–H and O–H groups in total. The minimum absolute atomic E-state index is 0.0872. The first-order chi connectivity index (χ1) is 13.9. The average molecular weight is 416 g/mol. The minimum atomic E-state index is -0.955. The van der Waals surface area contributed by atoms with Crippen molar-refractivity contribution in [3.8, 4) is 0 Å². The summed E-state index contributed by atoms with van der Waals surface area (Å²) in [5.41, 5.74) is 6.63. The Morgan fingerprint density at radius 3 is 2.66 bits per heavy atom. The number of aryl methyl sites for hydroxylation is 1. The summed E-state index contributed by atoms with van der Waals surface area (Å²) in [4.78, 5) is 41.3. The number of hydrogen-bond donors (Lipinski definition) is 1. The second kappa shape index (κ2) is 8.97. The number of nitrogens with zero attached hydrogens (tertiary/aromatic N) is 1. The molecule has 0 amide bonds. The van der Waals surface area contributed by atoms with Gasteiger partial charge < -0.3 is 19.6 Å². The lowest BCUT2D eigenvalue weighted by Gasteiger charge is -2.09. The van der Waals surface area contributed by atoms with Crippen molar-refractivity contribution < 1.29 is 23.5 Å². The van der Waals surface area contributed by atoms with Gasteiger partial charge in [-0.2, -0.15) is 0 Å². The maximum Gasteiger partial charge on any atom is 0.348 e. The molecule has 1 aromatic carbocycles. The maximum atomic E-state index is 12.4. The van der Waals surface area contributed by atoms with Crippen LogP contribution in [0.1, 0.15) is 46.1 Å². The summed E-state index contributed by atoms with van der Waals surface area (Å²) >= 11 is 1.03. The Hall–Kier alpha value is -3.04. The summed E-state index contributed by atoms with van der Waals surface area (Å²) in [5, 5.41) is 0.209. The van der Waals surface area contributed by atoms with Crippen LogP contribution in [0, 0.1) is 6.92 Å². The van der Waals surface area contributed by atoms with E-state index in [1.807, 2.05) is 30.3 Å². The van der Waals surface area contributed by atoms with E-state index in [0.717, 1.165) is 16.9 Å². The average Bonchev–Trinajstić information content (AvgIpc) is 3.04. The van der Waals surface area contributed by atoms with Crippen LogP contribution in [0.25, 0.3) is 10.2 Å². The van der Waals surface area contributed by atoms with E-state index >= 15 is 0 Å². The molecule has 0 spiro atoms. The van der Waals surface area contributed by atoms with Gasteiger partial charge in [0.05, 0.1) is 19.1 Å². The third-order valence-corrected chi connectivity index (χ3v) is 5.31. The van der Waals surface area contributed by atoms with Crippen molar-refractivity contribution in [2.75, 3.05) is 6.61 Å². The highest BCUT2D eigenvalue weighted by molar-refractivity contribution is 7.20. The van der Waals surface area contributed by atoms with E-state index in [1.54, 1.807) is 13.8 Å². The Kier molecular flexibility index (Phi) is 6.40. The largest absolute Gasteiger partial charge is 0.462 e. The fourth-order valence-corrected chi connectivity index (χ4v) is 3.76. The molecule has 3 rings (SSSR count). The first-order valence-corrected chi connectivity index (χ1v) is 9.78. The monoisotopic (exact) mass is 416 g/mol. The van der Waals surface area contributed by atoms with Crippen molar-refractivity contribution in [3.05, 3.63) is 62.6 Å². The van der Waals surface area contributed by atoms with E-state index in [-0.39, 0.29) is 35.8 Å². The van der Waals surface area contributed by atoms with Crippen LogP contribution in [0.3, 0.4) is 0 Å². The van der Waals surface area contributed by atoms with Crippen molar-refractivity contribution in [1.82, 2.24) is 4.98 Å². The zero-order chi connectivity index (χ0) is 21.0. The van der Waals surface area contributed by atoms with Crippen LogP contribution in [0.2, 0.25) is 0 Å². The van der Waals surface area contributed by atoms with Gasteiger partial charge in [0.25, 0.3) is 0 Å². The lowest BCUT2D eigenvalue weighted by molar-refractivity contribution is -0.145. The van der Waals surface area contributed by atoms with Gasteiger partial charge in [-0.15, -0.1) is 11.3 Å². The van der Waals surface area contributed by atoms with Gasteiger partial charge >= 0.3 is 17.6 Å². The molecule has 2 heterocycles. The van der Waals surface area contributed by atoms with E-state index in [1.165, 1.54) is 0 Å². The fraction of sp³-hybridized carbons (Fsp3) is 0.300.